The van der Waals surface area contributed by atoms with Crippen molar-refractivity contribution in [3.05, 3.63) is 54.1 Å². The molecule has 1 saturated heterocycles. The van der Waals surface area contributed by atoms with Crippen LogP contribution >= 0.6 is 0 Å². The number of benzene rings is 2. The molecule has 0 saturated carbocycles. The van der Waals surface area contributed by atoms with Crippen LogP contribution in [0.25, 0.3) is 0 Å². The zero-order valence-electron chi connectivity index (χ0n) is 15.3. The number of carbonyl (C=O) groups excluding carboxylic acids is 2. The predicted octanol–water partition coefficient (Wildman–Crippen LogP) is 2.46. The quantitative estimate of drug-likeness (QED) is 0.853. The molecule has 2 heterocycles. The van der Waals surface area contributed by atoms with Crippen molar-refractivity contribution in [3.63, 3.8) is 0 Å². The Bertz CT molecular complexity index is 1010. The molecule has 0 bridgehead atoms. The lowest BCUT2D eigenvalue weighted by atomic mass is 10.1. The number of hydrogen-bond acceptors (Lipinski definition) is 5. The molecule has 2 aromatic rings. The van der Waals surface area contributed by atoms with Gasteiger partial charge >= 0.3 is 0 Å². The molecule has 2 aliphatic rings. The molecule has 146 valence electrons. The first-order valence-corrected chi connectivity index (χ1v) is 10.7. The van der Waals surface area contributed by atoms with Gasteiger partial charge in [0.05, 0.1) is 5.56 Å². The number of sulfonamides is 1. The van der Waals surface area contributed by atoms with E-state index in [4.69, 9.17) is 0 Å². The Morgan fingerprint density at radius 2 is 1.64 bits per heavy atom. The highest BCUT2D eigenvalue weighted by Crippen LogP contribution is 2.29. The SMILES string of the molecule is O=C(CN1C(=O)c2ccccc2S1(=O)=O)Nc1ccc(N2CCCCC2)cc1. The Kier molecular flexibility index (Phi) is 4.80. The van der Waals surface area contributed by atoms with Crippen molar-refractivity contribution in [2.45, 2.75) is 24.2 Å². The highest BCUT2D eigenvalue weighted by molar-refractivity contribution is 7.90. The van der Waals surface area contributed by atoms with Crippen LogP contribution in [0.15, 0.2) is 53.4 Å². The normalized spacial score (nSPS) is 18.1. The van der Waals surface area contributed by atoms with Gasteiger partial charge in [-0.25, -0.2) is 12.7 Å². The summed E-state index contributed by atoms with van der Waals surface area (Å²) in [5.41, 5.74) is 1.76. The van der Waals surface area contributed by atoms with Gasteiger partial charge in [-0.2, -0.15) is 0 Å². The van der Waals surface area contributed by atoms with Crippen LogP contribution in [0.1, 0.15) is 29.6 Å². The van der Waals surface area contributed by atoms with Crippen LogP contribution in [0.5, 0.6) is 0 Å². The molecule has 7 nitrogen and oxygen atoms in total. The van der Waals surface area contributed by atoms with Crippen LogP contribution in [-0.4, -0.2) is 44.2 Å². The minimum absolute atomic E-state index is 0.0568. The zero-order chi connectivity index (χ0) is 19.7. The van der Waals surface area contributed by atoms with Gasteiger partial charge in [0.1, 0.15) is 11.4 Å². The average Bonchev–Trinajstić information content (AvgIpc) is 2.90. The lowest BCUT2D eigenvalue weighted by molar-refractivity contribution is -0.116. The molecule has 0 spiro atoms. The Morgan fingerprint density at radius 3 is 2.32 bits per heavy atom. The van der Waals surface area contributed by atoms with E-state index in [1.807, 2.05) is 12.1 Å². The second-order valence-corrected chi connectivity index (χ2v) is 8.79. The Hall–Kier alpha value is -2.87. The first kappa shape index (κ1) is 18.5. The molecule has 28 heavy (non-hydrogen) atoms. The summed E-state index contributed by atoms with van der Waals surface area (Å²) in [6.07, 6.45) is 3.62. The summed E-state index contributed by atoms with van der Waals surface area (Å²) in [7, 11) is -3.99. The van der Waals surface area contributed by atoms with E-state index in [-0.39, 0.29) is 10.5 Å². The summed E-state index contributed by atoms with van der Waals surface area (Å²) in [6, 6.07) is 13.4. The molecule has 2 aromatic carbocycles. The lowest BCUT2D eigenvalue weighted by Crippen LogP contribution is -2.37. The summed E-state index contributed by atoms with van der Waals surface area (Å²) < 4.78 is 25.7. The largest absolute Gasteiger partial charge is 0.372 e. The number of rotatable bonds is 4. The van der Waals surface area contributed by atoms with E-state index in [9.17, 15) is 18.0 Å². The smallest absolute Gasteiger partial charge is 0.269 e. The molecular weight excluding hydrogens is 378 g/mol. The Labute approximate surface area is 164 Å². The average molecular weight is 399 g/mol. The fourth-order valence-corrected chi connectivity index (χ4v) is 5.15. The van der Waals surface area contributed by atoms with Crippen molar-refractivity contribution in [2.75, 3.05) is 29.9 Å². The second-order valence-electron chi connectivity index (χ2n) is 6.96. The maximum atomic E-state index is 12.5. The van der Waals surface area contributed by atoms with E-state index < -0.39 is 28.4 Å². The summed E-state index contributed by atoms with van der Waals surface area (Å²) in [4.78, 5) is 27.0. The molecule has 0 aliphatic carbocycles. The molecule has 0 aromatic heterocycles. The number of carbonyl (C=O) groups is 2. The van der Waals surface area contributed by atoms with E-state index in [2.05, 4.69) is 10.2 Å². The standard InChI is InChI=1S/C20H21N3O4S/c24-19(14-23-20(25)17-6-2-3-7-18(17)28(23,26)27)21-15-8-10-16(11-9-15)22-12-4-1-5-13-22/h2-3,6-11H,1,4-5,12-14H2,(H,21,24). The third kappa shape index (κ3) is 3.35. The molecule has 0 unspecified atom stereocenters. The fraction of sp³-hybridized carbons (Fsp3) is 0.300. The number of hydrogen-bond donors (Lipinski definition) is 1. The van der Waals surface area contributed by atoms with Gasteiger partial charge in [-0.05, 0) is 55.7 Å². The van der Waals surface area contributed by atoms with E-state index in [1.54, 1.807) is 24.3 Å². The minimum Gasteiger partial charge on any atom is -0.372 e. The van der Waals surface area contributed by atoms with Crippen molar-refractivity contribution in [3.8, 4) is 0 Å². The molecular formula is C20H21N3O4S. The van der Waals surface area contributed by atoms with Crippen LogP contribution < -0.4 is 10.2 Å². The summed E-state index contributed by atoms with van der Waals surface area (Å²) >= 11 is 0. The topological polar surface area (TPSA) is 86.8 Å². The number of amides is 2. The monoisotopic (exact) mass is 399 g/mol. The fourth-order valence-electron chi connectivity index (χ4n) is 3.63. The van der Waals surface area contributed by atoms with Crippen molar-refractivity contribution in [2.24, 2.45) is 0 Å². The van der Waals surface area contributed by atoms with E-state index in [1.165, 1.54) is 31.4 Å². The molecule has 4 rings (SSSR count). The van der Waals surface area contributed by atoms with Crippen LogP contribution in [0.3, 0.4) is 0 Å². The number of nitrogens with zero attached hydrogens (tertiary/aromatic N) is 2. The van der Waals surface area contributed by atoms with Gasteiger partial charge in [-0.3, -0.25) is 9.59 Å². The van der Waals surface area contributed by atoms with Crippen LogP contribution in [0, 0.1) is 0 Å². The third-order valence-electron chi connectivity index (χ3n) is 5.07. The number of fused-ring (bicyclic) bond motifs is 1. The van der Waals surface area contributed by atoms with Crippen LogP contribution in [-0.2, 0) is 14.8 Å². The van der Waals surface area contributed by atoms with Gasteiger partial charge in [0.15, 0.2) is 0 Å². The summed E-state index contributed by atoms with van der Waals surface area (Å²) in [5.74, 6) is -1.23. The van der Waals surface area contributed by atoms with Crippen LogP contribution in [0.4, 0.5) is 11.4 Å². The molecule has 2 aliphatic heterocycles. The Balaban J connectivity index is 1.43. The van der Waals surface area contributed by atoms with Crippen molar-refractivity contribution in [1.29, 1.82) is 0 Å². The number of nitrogens with one attached hydrogen (secondary N) is 1. The third-order valence-corrected chi connectivity index (χ3v) is 6.86. The molecule has 1 N–H and O–H groups in total. The van der Waals surface area contributed by atoms with E-state index in [0.717, 1.165) is 18.8 Å². The zero-order valence-corrected chi connectivity index (χ0v) is 16.1. The van der Waals surface area contributed by atoms with Crippen molar-refractivity contribution in [1.82, 2.24) is 4.31 Å². The molecule has 0 radical (unpaired) electrons. The first-order chi connectivity index (χ1) is 13.5. The van der Waals surface area contributed by atoms with E-state index in [0.29, 0.717) is 9.99 Å². The minimum atomic E-state index is -3.99. The van der Waals surface area contributed by atoms with Gasteiger partial charge in [0, 0.05) is 24.5 Å². The first-order valence-electron chi connectivity index (χ1n) is 9.28. The molecule has 8 heteroatoms. The maximum Gasteiger partial charge on any atom is 0.269 e. The Morgan fingerprint density at radius 1 is 0.964 bits per heavy atom. The van der Waals surface area contributed by atoms with Crippen molar-refractivity contribution >= 4 is 33.2 Å². The van der Waals surface area contributed by atoms with Crippen LogP contribution in [0.2, 0.25) is 0 Å². The van der Waals surface area contributed by atoms with Gasteiger partial charge in [0.25, 0.3) is 15.9 Å². The molecule has 0 atom stereocenters. The summed E-state index contributed by atoms with van der Waals surface area (Å²) in [5, 5.41) is 2.67. The summed E-state index contributed by atoms with van der Waals surface area (Å²) in [6.45, 7) is 1.51. The van der Waals surface area contributed by atoms with Gasteiger partial charge in [-0.1, -0.05) is 12.1 Å². The highest BCUT2D eigenvalue weighted by atomic mass is 32.2. The van der Waals surface area contributed by atoms with Gasteiger partial charge in [0.2, 0.25) is 5.91 Å². The second kappa shape index (κ2) is 7.27. The number of piperidine rings is 1. The molecule has 2 amide bonds. The van der Waals surface area contributed by atoms with Gasteiger partial charge < -0.3 is 10.2 Å². The highest BCUT2D eigenvalue weighted by Gasteiger charge is 2.41. The van der Waals surface area contributed by atoms with Crippen molar-refractivity contribution < 1.29 is 18.0 Å². The van der Waals surface area contributed by atoms with E-state index >= 15 is 0 Å². The maximum absolute atomic E-state index is 12.5. The van der Waals surface area contributed by atoms with Gasteiger partial charge in [-0.15, -0.1) is 0 Å². The predicted molar refractivity (Wildman–Crippen MR) is 106 cm³/mol. The molecule has 1 fully saturated rings. The lowest BCUT2D eigenvalue weighted by Gasteiger charge is -2.28. The number of anilines is 2.